The van der Waals surface area contributed by atoms with E-state index >= 15 is 0 Å². The van der Waals surface area contributed by atoms with Crippen molar-refractivity contribution in [2.75, 3.05) is 19.6 Å². The highest BCUT2D eigenvalue weighted by molar-refractivity contribution is 5.80. The molecule has 2 heterocycles. The molecule has 2 aliphatic rings. The van der Waals surface area contributed by atoms with Crippen molar-refractivity contribution in [3.8, 4) is 0 Å². The molecule has 2 aromatic rings. The fraction of sp³-hybridized carbons (Fsp3) is 0.391. The Bertz CT molecular complexity index is 860. The van der Waals surface area contributed by atoms with Gasteiger partial charge in [0.05, 0.1) is 6.42 Å². The van der Waals surface area contributed by atoms with Crippen molar-refractivity contribution in [2.45, 2.75) is 32.2 Å². The van der Waals surface area contributed by atoms with E-state index in [0.29, 0.717) is 39.0 Å². The van der Waals surface area contributed by atoms with Gasteiger partial charge in [0, 0.05) is 38.0 Å². The Balaban J connectivity index is 1.34. The zero-order valence-electron chi connectivity index (χ0n) is 15.9. The van der Waals surface area contributed by atoms with Gasteiger partial charge in [0.1, 0.15) is 5.82 Å². The van der Waals surface area contributed by atoms with E-state index in [-0.39, 0.29) is 23.0 Å². The lowest BCUT2D eigenvalue weighted by molar-refractivity contribution is -0.132. The van der Waals surface area contributed by atoms with Gasteiger partial charge < -0.3 is 9.80 Å². The average molecular weight is 380 g/mol. The van der Waals surface area contributed by atoms with Crippen molar-refractivity contribution >= 4 is 11.8 Å². The number of hydrogen-bond acceptors (Lipinski definition) is 2. The first-order valence-corrected chi connectivity index (χ1v) is 9.87. The molecular weight excluding hydrogens is 355 g/mol. The van der Waals surface area contributed by atoms with E-state index in [0.717, 1.165) is 24.0 Å². The minimum absolute atomic E-state index is 0.0477. The first kappa shape index (κ1) is 18.7. The third-order valence-corrected chi connectivity index (χ3v) is 6.04. The van der Waals surface area contributed by atoms with Crippen LogP contribution in [0.4, 0.5) is 4.39 Å². The molecule has 0 atom stereocenters. The first-order valence-electron chi connectivity index (χ1n) is 9.87. The number of amides is 2. The maximum Gasteiger partial charge on any atom is 0.226 e. The third-order valence-electron chi connectivity index (χ3n) is 6.04. The second-order valence-electron chi connectivity index (χ2n) is 8.10. The van der Waals surface area contributed by atoms with Crippen molar-refractivity contribution in [1.29, 1.82) is 0 Å². The monoisotopic (exact) mass is 380 g/mol. The summed E-state index contributed by atoms with van der Waals surface area (Å²) in [4.78, 5) is 28.9. The molecule has 0 unspecified atom stereocenters. The molecular formula is C23H25FN2O2. The van der Waals surface area contributed by atoms with E-state index in [1.54, 1.807) is 6.07 Å². The molecule has 4 rings (SSSR count). The van der Waals surface area contributed by atoms with Crippen LogP contribution in [0.3, 0.4) is 0 Å². The van der Waals surface area contributed by atoms with E-state index in [9.17, 15) is 14.0 Å². The second kappa shape index (κ2) is 7.74. The molecule has 2 saturated heterocycles. The van der Waals surface area contributed by atoms with Gasteiger partial charge in [-0.25, -0.2) is 4.39 Å². The van der Waals surface area contributed by atoms with Crippen LogP contribution in [0.15, 0.2) is 54.6 Å². The number of carbonyl (C=O) groups excluding carboxylic acids is 2. The number of piperidine rings is 1. The smallest absolute Gasteiger partial charge is 0.226 e. The molecule has 2 aromatic carbocycles. The maximum atomic E-state index is 13.4. The van der Waals surface area contributed by atoms with Crippen molar-refractivity contribution in [2.24, 2.45) is 5.41 Å². The predicted octanol–water partition coefficient (Wildman–Crippen LogP) is 3.41. The summed E-state index contributed by atoms with van der Waals surface area (Å²) in [5, 5.41) is 0. The van der Waals surface area contributed by atoms with Crippen LogP contribution in [-0.2, 0) is 22.6 Å². The normalized spacial score (nSPS) is 18.7. The van der Waals surface area contributed by atoms with Gasteiger partial charge >= 0.3 is 0 Å². The molecule has 0 saturated carbocycles. The highest BCUT2D eigenvalue weighted by Gasteiger charge is 2.45. The summed E-state index contributed by atoms with van der Waals surface area (Å²) in [6.07, 6.45) is 2.65. The van der Waals surface area contributed by atoms with Crippen molar-refractivity contribution in [1.82, 2.24) is 9.80 Å². The Hall–Kier alpha value is -2.69. The number of carbonyl (C=O) groups is 2. The van der Waals surface area contributed by atoms with Crippen LogP contribution in [0.1, 0.15) is 30.4 Å². The summed E-state index contributed by atoms with van der Waals surface area (Å²) in [5.41, 5.74) is 1.81. The standard InChI is InChI=1S/C23H25FN2O2/c24-20-8-4-7-19(13-20)16-26-17-23(15-22(26)28)9-11-25(12-10-23)21(27)14-18-5-2-1-3-6-18/h1-8,13H,9-12,14-17H2. The van der Waals surface area contributed by atoms with Crippen LogP contribution in [0.5, 0.6) is 0 Å². The lowest BCUT2D eigenvalue weighted by atomic mass is 9.77. The Morgan fingerprint density at radius 1 is 1.00 bits per heavy atom. The van der Waals surface area contributed by atoms with Gasteiger partial charge in [-0.3, -0.25) is 9.59 Å². The zero-order chi connectivity index (χ0) is 19.6. The van der Waals surface area contributed by atoms with Crippen LogP contribution in [-0.4, -0.2) is 41.2 Å². The van der Waals surface area contributed by atoms with Gasteiger partial charge in [0.2, 0.25) is 11.8 Å². The lowest BCUT2D eigenvalue weighted by Gasteiger charge is -2.39. The van der Waals surface area contributed by atoms with Crippen molar-refractivity contribution in [3.63, 3.8) is 0 Å². The fourth-order valence-corrected chi connectivity index (χ4v) is 4.43. The minimum Gasteiger partial charge on any atom is -0.342 e. The van der Waals surface area contributed by atoms with E-state index in [1.807, 2.05) is 46.2 Å². The number of benzene rings is 2. The minimum atomic E-state index is -0.274. The zero-order valence-corrected chi connectivity index (χ0v) is 15.9. The fourth-order valence-electron chi connectivity index (χ4n) is 4.43. The van der Waals surface area contributed by atoms with Gasteiger partial charge in [0.25, 0.3) is 0 Å². The average Bonchev–Trinajstić information content (AvgIpc) is 2.98. The predicted molar refractivity (Wildman–Crippen MR) is 105 cm³/mol. The molecule has 28 heavy (non-hydrogen) atoms. The molecule has 2 amide bonds. The SMILES string of the molecule is O=C(Cc1ccccc1)N1CCC2(CC1)CC(=O)N(Cc1cccc(F)c1)C2. The van der Waals surface area contributed by atoms with Gasteiger partial charge in [-0.2, -0.15) is 0 Å². The summed E-state index contributed by atoms with van der Waals surface area (Å²) in [6, 6.07) is 16.2. The number of likely N-dealkylation sites (tertiary alicyclic amines) is 2. The number of nitrogens with zero attached hydrogens (tertiary/aromatic N) is 2. The number of rotatable bonds is 4. The largest absolute Gasteiger partial charge is 0.342 e. The molecule has 146 valence electrons. The maximum absolute atomic E-state index is 13.4. The summed E-state index contributed by atoms with van der Waals surface area (Å²) < 4.78 is 13.4. The highest BCUT2D eigenvalue weighted by atomic mass is 19.1. The lowest BCUT2D eigenvalue weighted by Crippen LogP contribution is -2.44. The number of halogens is 1. The first-order chi connectivity index (χ1) is 13.5. The third kappa shape index (κ3) is 4.08. The summed E-state index contributed by atoms with van der Waals surface area (Å²) in [6.45, 7) is 2.55. The molecule has 0 radical (unpaired) electrons. The molecule has 2 fully saturated rings. The van der Waals surface area contributed by atoms with Crippen LogP contribution >= 0.6 is 0 Å². The van der Waals surface area contributed by atoms with Crippen LogP contribution < -0.4 is 0 Å². The summed E-state index contributed by atoms with van der Waals surface area (Å²) >= 11 is 0. The van der Waals surface area contributed by atoms with E-state index in [2.05, 4.69) is 0 Å². The highest BCUT2D eigenvalue weighted by Crippen LogP contribution is 2.41. The van der Waals surface area contributed by atoms with Gasteiger partial charge in [-0.05, 0) is 36.1 Å². The van der Waals surface area contributed by atoms with Gasteiger partial charge in [0.15, 0.2) is 0 Å². The molecule has 0 aromatic heterocycles. The van der Waals surface area contributed by atoms with Crippen LogP contribution in [0.25, 0.3) is 0 Å². The van der Waals surface area contributed by atoms with Crippen LogP contribution in [0.2, 0.25) is 0 Å². The Kier molecular flexibility index (Phi) is 5.16. The van der Waals surface area contributed by atoms with Crippen molar-refractivity contribution < 1.29 is 14.0 Å². The van der Waals surface area contributed by atoms with Crippen molar-refractivity contribution in [3.05, 3.63) is 71.5 Å². The molecule has 1 spiro atoms. The van der Waals surface area contributed by atoms with E-state index < -0.39 is 0 Å². The molecule has 2 aliphatic heterocycles. The summed E-state index contributed by atoms with van der Waals surface area (Å²) in [5.74, 6) is 0.0133. The van der Waals surface area contributed by atoms with E-state index in [4.69, 9.17) is 0 Å². The molecule has 4 nitrogen and oxygen atoms in total. The molecule has 0 aliphatic carbocycles. The van der Waals surface area contributed by atoms with Gasteiger partial charge in [-0.15, -0.1) is 0 Å². The Morgan fingerprint density at radius 3 is 2.43 bits per heavy atom. The quantitative estimate of drug-likeness (QED) is 0.816. The molecule has 0 bridgehead atoms. The van der Waals surface area contributed by atoms with Gasteiger partial charge in [-0.1, -0.05) is 42.5 Å². The van der Waals surface area contributed by atoms with E-state index in [1.165, 1.54) is 12.1 Å². The topological polar surface area (TPSA) is 40.6 Å². The summed E-state index contributed by atoms with van der Waals surface area (Å²) in [7, 11) is 0. The Labute approximate surface area is 164 Å². The second-order valence-corrected chi connectivity index (χ2v) is 8.10. The Morgan fingerprint density at radius 2 is 1.71 bits per heavy atom. The molecule has 0 N–H and O–H groups in total. The van der Waals surface area contributed by atoms with Crippen LogP contribution in [0, 0.1) is 11.2 Å². The number of hydrogen-bond donors (Lipinski definition) is 0. The molecule has 5 heteroatoms.